The van der Waals surface area contributed by atoms with Gasteiger partial charge in [-0.3, -0.25) is 4.79 Å². The van der Waals surface area contributed by atoms with Crippen molar-refractivity contribution in [1.82, 2.24) is 10.6 Å². The molecule has 0 aromatic carbocycles. The molecule has 0 aromatic rings. The molecule has 0 spiro atoms. The van der Waals surface area contributed by atoms with Crippen molar-refractivity contribution in [3.8, 4) is 0 Å². The van der Waals surface area contributed by atoms with Crippen LogP contribution >= 0.6 is 0 Å². The first-order chi connectivity index (χ1) is 8.48. The smallest absolute Gasteiger partial charge is 0.220 e. The maximum Gasteiger partial charge on any atom is 0.220 e. The molecule has 2 saturated heterocycles. The second-order valence-electron chi connectivity index (χ2n) is 6.31. The third-order valence-electron chi connectivity index (χ3n) is 4.47. The molecular weight excluding hydrogens is 228 g/mol. The number of fused-ring (bicyclic) bond motifs is 2. The molecule has 2 rings (SSSR count). The summed E-state index contributed by atoms with van der Waals surface area (Å²) in [5, 5.41) is 16.3. The normalized spacial score (nSPS) is 34.1. The summed E-state index contributed by atoms with van der Waals surface area (Å²) in [6.45, 7) is 4.05. The molecule has 3 atom stereocenters. The van der Waals surface area contributed by atoms with Gasteiger partial charge in [-0.25, -0.2) is 0 Å². The summed E-state index contributed by atoms with van der Waals surface area (Å²) in [5.74, 6) is 0.616. The molecule has 0 aliphatic carbocycles. The zero-order valence-corrected chi connectivity index (χ0v) is 11.5. The van der Waals surface area contributed by atoms with Crippen molar-refractivity contribution in [1.29, 1.82) is 0 Å². The van der Waals surface area contributed by atoms with Gasteiger partial charge in [-0.1, -0.05) is 6.92 Å². The number of nitrogens with one attached hydrogen (secondary N) is 2. The van der Waals surface area contributed by atoms with Crippen molar-refractivity contribution in [3.63, 3.8) is 0 Å². The summed E-state index contributed by atoms with van der Waals surface area (Å²) < 4.78 is 0. The van der Waals surface area contributed by atoms with E-state index in [9.17, 15) is 9.90 Å². The van der Waals surface area contributed by atoms with Crippen molar-refractivity contribution in [3.05, 3.63) is 0 Å². The van der Waals surface area contributed by atoms with E-state index in [0.717, 1.165) is 12.8 Å². The summed E-state index contributed by atoms with van der Waals surface area (Å²) >= 11 is 0. The first-order valence-corrected chi connectivity index (χ1v) is 7.23. The third kappa shape index (κ3) is 3.69. The highest BCUT2D eigenvalue weighted by Crippen LogP contribution is 2.32. The van der Waals surface area contributed by atoms with Crippen LogP contribution < -0.4 is 10.6 Å². The fourth-order valence-electron chi connectivity index (χ4n) is 3.09. The zero-order valence-electron chi connectivity index (χ0n) is 11.5. The highest BCUT2D eigenvalue weighted by molar-refractivity contribution is 5.76. The Balaban J connectivity index is 1.71. The van der Waals surface area contributed by atoms with Gasteiger partial charge in [-0.05, 0) is 44.9 Å². The predicted molar refractivity (Wildman–Crippen MR) is 71.2 cm³/mol. The fraction of sp³-hybridized carbons (Fsp3) is 0.929. The lowest BCUT2D eigenvalue weighted by Gasteiger charge is -2.29. The Morgan fingerprint density at radius 2 is 2.00 bits per heavy atom. The minimum atomic E-state index is -0.775. The van der Waals surface area contributed by atoms with Gasteiger partial charge in [0, 0.05) is 25.0 Å². The van der Waals surface area contributed by atoms with Gasteiger partial charge < -0.3 is 15.7 Å². The molecule has 4 nitrogen and oxygen atoms in total. The van der Waals surface area contributed by atoms with Gasteiger partial charge in [0.1, 0.15) is 0 Å². The number of carbonyl (C=O) groups is 1. The zero-order chi connectivity index (χ0) is 13.2. The van der Waals surface area contributed by atoms with E-state index >= 15 is 0 Å². The third-order valence-corrected chi connectivity index (χ3v) is 4.47. The van der Waals surface area contributed by atoms with E-state index in [0.29, 0.717) is 37.4 Å². The van der Waals surface area contributed by atoms with E-state index in [4.69, 9.17) is 0 Å². The second kappa shape index (κ2) is 5.57. The van der Waals surface area contributed by atoms with Crippen LogP contribution in [0.2, 0.25) is 0 Å². The maximum absolute atomic E-state index is 11.9. The molecule has 104 valence electrons. The van der Waals surface area contributed by atoms with Crippen LogP contribution in [0.5, 0.6) is 0 Å². The van der Waals surface area contributed by atoms with Crippen LogP contribution in [0.25, 0.3) is 0 Å². The highest BCUT2D eigenvalue weighted by atomic mass is 16.3. The molecule has 2 aliphatic rings. The molecule has 2 fully saturated rings. The molecule has 0 aromatic heterocycles. The molecule has 0 radical (unpaired) electrons. The quantitative estimate of drug-likeness (QED) is 0.690. The average molecular weight is 254 g/mol. The maximum atomic E-state index is 11.9. The summed E-state index contributed by atoms with van der Waals surface area (Å²) in [6, 6.07) is 1.28. The lowest BCUT2D eigenvalue weighted by Crippen LogP contribution is -2.42. The molecule has 3 N–H and O–H groups in total. The fourth-order valence-corrected chi connectivity index (χ4v) is 3.09. The second-order valence-corrected chi connectivity index (χ2v) is 6.31. The number of carbonyl (C=O) groups excluding carboxylic acids is 1. The van der Waals surface area contributed by atoms with E-state index in [1.807, 2.05) is 6.92 Å². The van der Waals surface area contributed by atoms with E-state index < -0.39 is 5.60 Å². The SMILES string of the molecule is CCC(C)(O)CNC(=O)CC1CC2CCC(C1)N2. The van der Waals surface area contributed by atoms with E-state index in [-0.39, 0.29) is 5.91 Å². The van der Waals surface area contributed by atoms with E-state index in [2.05, 4.69) is 10.6 Å². The number of hydrogen-bond acceptors (Lipinski definition) is 3. The summed E-state index contributed by atoms with van der Waals surface area (Å²) in [4.78, 5) is 11.9. The number of rotatable bonds is 5. The Kier molecular flexibility index (Phi) is 4.28. The summed E-state index contributed by atoms with van der Waals surface area (Å²) in [7, 11) is 0. The van der Waals surface area contributed by atoms with Gasteiger partial charge in [0.2, 0.25) is 5.91 Å². The van der Waals surface area contributed by atoms with E-state index in [1.54, 1.807) is 6.92 Å². The number of amides is 1. The number of hydrogen-bond donors (Lipinski definition) is 3. The highest BCUT2D eigenvalue weighted by Gasteiger charge is 2.34. The van der Waals surface area contributed by atoms with Crippen molar-refractivity contribution in [2.24, 2.45) is 5.92 Å². The first kappa shape index (κ1) is 13.8. The molecule has 2 aliphatic heterocycles. The minimum Gasteiger partial charge on any atom is -0.388 e. The van der Waals surface area contributed by atoms with Gasteiger partial charge in [0.05, 0.1) is 5.60 Å². The number of aliphatic hydroxyl groups is 1. The van der Waals surface area contributed by atoms with Crippen LogP contribution in [0, 0.1) is 5.92 Å². The Morgan fingerprint density at radius 3 is 2.56 bits per heavy atom. The topological polar surface area (TPSA) is 61.4 Å². The van der Waals surface area contributed by atoms with Crippen molar-refractivity contribution < 1.29 is 9.90 Å². The van der Waals surface area contributed by atoms with Gasteiger partial charge >= 0.3 is 0 Å². The summed E-state index contributed by atoms with van der Waals surface area (Å²) in [5.41, 5.74) is -0.775. The molecular formula is C14H26N2O2. The molecule has 2 heterocycles. The van der Waals surface area contributed by atoms with Crippen LogP contribution in [-0.2, 0) is 4.79 Å². The number of piperidine rings is 1. The Morgan fingerprint density at radius 1 is 1.39 bits per heavy atom. The Labute approximate surface area is 110 Å². The van der Waals surface area contributed by atoms with Gasteiger partial charge in [-0.2, -0.15) is 0 Å². The largest absolute Gasteiger partial charge is 0.388 e. The van der Waals surface area contributed by atoms with Gasteiger partial charge in [0.15, 0.2) is 0 Å². The van der Waals surface area contributed by atoms with Crippen molar-refractivity contribution in [2.45, 2.75) is 70.1 Å². The Bertz CT molecular complexity index is 292. The van der Waals surface area contributed by atoms with Gasteiger partial charge in [-0.15, -0.1) is 0 Å². The van der Waals surface area contributed by atoms with Gasteiger partial charge in [0.25, 0.3) is 0 Å². The minimum absolute atomic E-state index is 0.0926. The molecule has 0 saturated carbocycles. The monoisotopic (exact) mass is 254 g/mol. The average Bonchev–Trinajstić information content (AvgIpc) is 2.66. The lowest BCUT2D eigenvalue weighted by atomic mass is 9.89. The van der Waals surface area contributed by atoms with Crippen LogP contribution in [0.1, 0.15) is 52.4 Å². The summed E-state index contributed by atoms with van der Waals surface area (Å²) in [6.07, 6.45) is 6.09. The standard InChI is InChI=1S/C14H26N2O2/c1-3-14(2,18)9-15-13(17)8-10-6-11-4-5-12(7-10)16-11/h10-12,16,18H,3-9H2,1-2H3,(H,15,17). The van der Waals surface area contributed by atoms with Crippen molar-refractivity contribution in [2.75, 3.05) is 6.54 Å². The van der Waals surface area contributed by atoms with E-state index in [1.165, 1.54) is 12.8 Å². The lowest BCUT2D eigenvalue weighted by molar-refractivity contribution is -0.123. The van der Waals surface area contributed by atoms with Crippen LogP contribution in [0.3, 0.4) is 0 Å². The van der Waals surface area contributed by atoms with Crippen LogP contribution in [0.4, 0.5) is 0 Å². The predicted octanol–water partition coefficient (Wildman–Crippen LogP) is 1.18. The van der Waals surface area contributed by atoms with Crippen molar-refractivity contribution >= 4 is 5.91 Å². The molecule has 3 unspecified atom stereocenters. The molecule has 1 amide bonds. The molecule has 18 heavy (non-hydrogen) atoms. The molecule has 4 heteroatoms. The molecule has 2 bridgehead atoms. The Hall–Kier alpha value is -0.610. The van der Waals surface area contributed by atoms with Crippen LogP contribution in [0.15, 0.2) is 0 Å². The van der Waals surface area contributed by atoms with Crippen LogP contribution in [-0.4, -0.2) is 35.2 Å². The first-order valence-electron chi connectivity index (χ1n) is 7.23.